The maximum absolute atomic E-state index is 12.0. The number of nitrogens with one attached hydrogen (secondary N) is 1. The largest absolute Gasteiger partial charge is 0.452 e. The number of carbonyl (C=O) groups is 2. The van der Waals surface area contributed by atoms with Crippen LogP contribution in [-0.2, 0) is 9.53 Å². The van der Waals surface area contributed by atoms with Gasteiger partial charge in [0.1, 0.15) is 5.56 Å². The van der Waals surface area contributed by atoms with Crippen LogP contribution in [0.3, 0.4) is 0 Å². The van der Waals surface area contributed by atoms with Crippen molar-refractivity contribution >= 4 is 39.2 Å². The molecule has 0 unspecified atom stereocenters. The first kappa shape index (κ1) is 18.6. The summed E-state index contributed by atoms with van der Waals surface area (Å²) in [5.74, 6) is -1.46. The van der Waals surface area contributed by atoms with Gasteiger partial charge in [-0.1, -0.05) is 28.1 Å². The highest BCUT2D eigenvalue weighted by Gasteiger charge is 2.21. The van der Waals surface area contributed by atoms with Gasteiger partial charge in [-0.2, -0.15) is 0 Å². The number of nitrogens with zero attached hydrogens (tertiary/aromatic N) is 1. The van der Waals surface area contributed by atoms with Crippen LogP contribution in [0, 0.1) is 24.0 Å². The minimum atomic E-state index is -0.925. The van der Waals surface area contributed by atoms with E-state index in [1.54, 1.807) is 6.07 Å². The van der Waals surface area contributed by atoms with Crippen molar-refractivity contribution in [2.24, 2.45) is 0 Å². The minimum absolute atomic E-state index is 0.198. The van der Waals surface area contributed by atoms with Crippen LogP contribution < -0.4 is 5.32 Å². The zero-order valence-electron chi connectivity index (χ0n) is 13.5. The summed E-state index contributed by atoms with van der Waals surface area (Å²) in [6.45, 7) is 3.17. The monoisotopic (exact) mass is 406 g/mol. The summed E-state index contributed by atoms with van der Waals surface area (Å²) in [6, 6.07) is 9.06. The van der Waals surface area contributed by atoms with E-state index in [-0.39, 0.29) is 11.3 Å². The normalized spacial score (nSPS) is 10.2. The number of ether oxygens (including phenoxy) is 1. The first-order valence-electron chi connectivity index (χ1n) is 7.26. The molecule has 2 aromatic carbocycles. The van der Waals surface area contributed by atoms with Gasteiger partial charge < -0.3 is 10.1 Å². The first-order valence-corrected chi connectivity index (χ1v) is 8.06. The third-order valence-corrected chi connectivity index (χ3v) is 4.29. The molecule has 0 spiro atoms. The van der Waals surface area contributed by atoms with Gasteiger partial charge in [0.05, 0.1) is 4.92 Å². The Kier molecular flexibility index (Phi) is 5.87. The molecule has 1 amide bonds. The number of carbonyl (C=O) groups excluding carboxylic acids is 2. The first-order chi connectivity index (χ1) is 11.8. The van der Waals surface area contributed by atoms with Crippen LogP contribution in [0.2, 0.25) is 0 Å². The summed E-state index contributed by atoms with van der Waals surface area (Å²) in [7, 11) is 0. The van der Waals surface area contributed by atoms with E-state index < -0.39 is 23.4 Å². The number of rotatable bonds is 5. The minimum Gasteiger partial charge on any atom is -0.452 e. The molecule has 0 heterocycles. The molecule has 0 fully saturated rings. The van der Waals surface area contributed by atoms with Crippen molar-refractivity contribution in [2.45, 2.75) is 13.8 Å². The second-order valence-corrected chi connectivity index (χ2v) is 6.17. The van der Waals surface area contributed by atoms with Crippen LogP contribution in [0.15, 0.2) is 40.9 Å². The molecular weight excluding hydrogens is 392 g/mol. The van der Waals surface area contributed by atoms with Gasteiger partial charge >= 0.3 is 5.97 Å². The Labute approximate surface area is 152 Å². The van der Waals surface area contributed by atoms with Crippen LogP contribution in [-0.4, -0.2) is 23.4 Å². The molecule has 0 radical (unpaired) electrons. The zero-order chi connectivity index (χ0) is 18.6. The highest BCUT2D eigenvalue weighted by molar-refractivity contribution is 9.10. The van der Waals surface area contributed by atoms with E-state index >= 15 is 0 Å². The van der Waals surface area contributed by atoms with Crippen LogP contribution in [0.1, 0.15) is 21.5 Å². The lowest BCUT2D eigenvalue weighted by Crippen LogP contribution is -2.21. The SMILES string of the molecule is Cc1cc(NC(=O)COC(=O)c2ccccc2[N+](=O)[O-])c(C)cc1Br. The third-order valence-electron chi connectivity index (χ3n) is 3.43. The van der Waals surface area contributed by atoms with Crippen molar-refractivity contribution in [1.82, 2.24) is 0 Å². The summed E-state index contributed by atoms with van der Waals surface area (Å²) >= 11 is 3.40. The Morgan fingerprint density at radius 2 is 1.88 bits per heavy atom. The molecule has 0 saturated heterocycles. The fourth-order valence-electron chi connectivity index (χ4n) is 2.12. The number of nitro benzene ring substituents is 1. The molecule has 0 aliphatic heterocycles. The molecule has 2 aromatic rings. The molecule has 0 saturated carbocycles. The molecule has 0 aliphatic rings. The van der Waals surface area contributed by atoms with Crippen molar-refractivity contribution in [3.05, 3.63) is 67.7 Å². The lowest BCUT2D eigenvalue weighted by Gasteiger charge is -2.11. The lowest BCUT2D eigenvalue weighted by atomic mass is 10.1. The van der Waals surface area contributed by atoms with E-state index in [0.717, 1.165) is 15.6 Å². The number of aryl methyl sites for hydroxylation is 2. The zero-order valence-corrected chi connectivity index (χ0v) is 15.1. The van der Waals surface area contributed by atoms with Gasteiger partial charge in [0.25, 0.3) is 11.6 Å². The van der Waals surface area contributed by atoms with Gasteiger partial charge in [0, 0.05) is 16.2 Å². The Bertz CT molecular complexity index is 851. The van der Waals surface area contributed by atoms with Gasteiger partial charge in [-0.3, -0.25) is 14.9 Å². The van der Waals surface area contributed by atoms with Crippen molar-refractivity contribution in [2.75, 3.05) is 11.9 Å². The predicted molar refractivity (Wildman–Crippen MR) is 95.6 cm³/mol. The molecule has 0 aromatic heterocycles. The average molecular weight is 407 g/mol. The maximum Gasteiger partial charge on any atom is 0.345 e. The second-order valence-electron chi connectivity index (χ2n) is 5.31. The number of halogens is 1. The summed E-state index contributed by atoms with van der Waals surface area (Å²) in [6.07, 6.45) is 0. The quantitative estimate of drug-likeness (QED) is 0.462. The van der Waals surface area contributed by atoms with E-state index in [0.29, 0.717) is 5.69 Å². The summed E-state index contributed by atoms with van der Waals surface area (Å²) in [5, 5.41) is 13.6. The van der Waals surface area contributed by atoms with Gasteiger partial charge in [0.2, 0.25) is 0 Å². The molecule has 130 valence electrons. The van der Waals surface area contributed by atoms with Gasteiger partial charge in [-0.15, -0.1) is 0 Å². The molecular formula is C17H15BrN2O5. The number of anilines is 1. The van der Waals surface area contributed by atoms with E-state index in [9.17, 15) is 19.7 Å². The van der Waals surface area contributed by atoms with Crippen LogP contribution >= 0.6 is 15.9 Å². The van der Waals surface area contributed by atoms with Crippen LogP contribution in [0.25, 0.3) is 0 Å². The Hall–Kier alpha value is -2.74. The standard InChI is InChI=1S/C17H15BrN2O5/c1-10-8-14(11(2)7-13(10)18)19-16(21)9-25-17(22)12-5-3-4-6-15(12)20(23)24/h3-8H,9H2,1-2H3,(H,19,21). The maximum atomic E-state index is 12.0. The number of hydrogen-bond acceptors (Lipinski definition) is 5. The Morgan fingerprint density at radius 3 is 2.56 bits per heavy atom. The molecule has 0 aliphatic carbocycles. The summed E-state index contributed by atoms with van der Waals surface area (Å²) in [4.78, 5) is 34.2. The smallest absolute Gasteiger partial charge is 0.345 e. The topological polar surface area (TPSA) is 98.5 Å². The molecule has 7 nitrogen and oxygen atoms in total. The van der Waals surface area contributed by atoms with Crippen molar-refractivity contribution < 1.29 is 19.2 Å². The van der Waals surface area contributed by atoms with Crippen molar-refractivity contribution in [3.63, 3.8) is 0 Å². The number of esters is 1. The van der Waals surface area contributed by atoms with Crippen molar-refractivity contribution in [3.8, 4) is 0 Å². The fraction of sp³-hybridized carbons (Fsp3) is 0.176. The molecule has 8 heteroatoms. The predicted octanol–water partition coefficient (Wildman–Crippen LogP) is 3.77. The highest BCUT2D eigenvalue weighted by Crippen LogP contribution is 2.24. The molecule has 0 atom stereocenters. The molecule has 1 N–H and O–H groups in total. The van der Waals surface area contributed by atoms with Crippen molar-refractivity contribution in [1.29, 1.82) is 0 Å². The number of para-hydroxylation sites is 1. The summed E-state index contributed by atoms with van der Waals surface area (Å²) in [5.41, 5.74) is 1.82. The van der Waals surface area contributed by atoms with Crippen LogP contribution in [0.5, 0.6) is 0 Å². The number of nitro groups is 1. The Balaban J connectivity index is 2.02. The van der Waals surface area contributed by atoms with Crippen LogP contribution in [0.4, 0.5) is 11.4 Å². The highest BCUT2D eigenvalue weighted by atomic mass is 79.9. The number of hydrogen-bond donors (Lipinski definition) is 1. The molecule has 25 heavy (non-hydrogen) atoms. The van der Waals surface area contributed by atoms with Gasteiger partial charge in [-0.25, -0.2) is 4.79 Å². The number of benzene rings is 2. The Morgan fingerprint density at radius 1 is 1.20 bits per heavy atom. The van der Waals surface area contributed by atoms with E-state index in [2.05, 4.69) is 21.2 Å². The number of amides is 1. The van der Waals surface area contributed by atoms with Gasteiger partial charge in [0.15, 0.2) is 6.61 Å². The lowest BCUT2D eigenvalue weighted by molar-refractivity contribution is -0.385. The molecule has 2 rings (SSSR count). The molecule has 0 bridgehead atoms. The summed E-state index contributed by atoms with van der Waals surface area (Å²) < 4.78 is 5.80. The second kappa shape index (κ2) is 7.89. The van der Waals surface area contributed by atoms with Gasteiger partial charge in [-0.05, 0) is 43.2 Å². The third kappa shape index (κ3) is 4.63. The van der Waals surface area contributed by atoms with E-state index in [4.69, 9.17) is 4.74 Å². The average Bonchev–Trinajstić information content (AvgIpc) is 2.57. The fourth-order valence-corrected chi connectivity index (χ4v) is 2.57. The van der Waals surface area contributed by atoms with E-state index in [1.807, 2.05) is 19.9 Å². The van der Waals surface area contributed by atoms with E-state index in [1.165, 1.54) is 24.3 Å².